The number of aryl methyl sites for hydroxylation is 2. The molecule has 3 rings (SSSR count). The first kappa shape index (κ1) is 11.7. The van der Waals surface area contributed by atoms with Crippen LogP contribution in [0, 0.1) is 13.8 Å². The Balaban J connectivity index is 1.82. The molecule has 1 aliphatic heterocycles. The molecule has 3 heteroatoms. The Morgan fingerprint density at radius 1 is 1.17 bits per heavy atom. The molecular weight excluding hydrogens is 224 g/mol. The van der Waals surface area contributed by atoms with Gasteiger partial charge in [-0.2, -0.15) is 0 Å². The van der Waals surface area contributed by atoms with Gasteiger partial charge in [0.15, 0.2) is 0 Å². The molecule has 1 N–H and O–H groups in total. The summed E-state index contributed by atoms with van der Waals surface area (Å²) < 4.78 is 0. The number of nitrogens with one attached hydrogen (secondary N) is 1. The van der Waals surface area contributed by atoms with Gasteiger partial charge >= 0.3 is 0 Å². The molecule has 2 aliphatic rings. The number of benzene rings is 1. The van der Waals surface area contributed by atoms with Crippen LogP contribution in [0.5, 0.6) is 0 Å². The van der Waals surface area contributed by atoms with Gasteiger partial charge in [-0.1, -0.05) is 18.2 Å². The third kappa shape index (κ3) is 2.03. The molecule has 1 aromatic carbocycles. The summed E-state index contributed by atoms with van der Waals surface area (Å²) in [5.41, 5.74) is 3.49. The molecule has 18 heavy (non-hydrogen) atoms. The first-order valence-corrected chi connectivity index (χ1v) is 6.80. The summed E-state index contributed by atoms with van der Waals surface area (Å²) in [5.74, 6) is 0.249. The van der Waals surface area contributed by atoms with Crippen LogP contribution in [0.3, 0.4) is 0 Å². The van der Waals surface area contributed by atoms with E-state index in [1.165, 1.54) is 24.0 Å². The molecule has 1 unspecified atom stereocenters. The highest BCUT2D eigenvalue weighted by molar-refractivity contribution is 6.00. The molecule has 1 aromatic rings. The smallest absolute Gasteiger partial charge is 0.244 e. The van der Waals surface area contributed by atoms with Crippen molar-refractivity contribution in [1.29, 1.82) is 0 Å². The summed E-state index contributed by atoms with van der Waals surface area (Å²) in [7, 11) is 0. The fourth-order valence-corrected chi connectivity index (χ4v) is 2.82. The molecule has 3 nitrogen and oxygen atoms in total. The molecule has 96 valence electrons. The molecule has 1 atom stereocenters. The molecule has 0 bridgehead atoms. The maximum absolute atomic E-state index is 12.4. The van der Waals surface area contributed by atoms with Crippen molar-refractivity contribution in [2.75, 3.05) is 11.4 Å². The van der Waals surface area contributed by atoms with Gasteiger partial charge in [0.1, 0.15) is 0 Å². The van der Waals surface area contributed by atoms with Gasteiger partial charge in [0.2, 0.25) is 5.91 Å². The van der Waals surface area contributed by atoms with Crippen LogP contribution in [0.2, 0.25) is 0 Å². The van der Waals surface area contributed by atoms with E-state index in [0.717, 1.165) is 18.7 Å². The number of nitrogens with zero attached hydrogens (tertiary/aromatic N) is 1. The van der Waals surface area contributed by atoms with Crippen molar-refractivity contribution in [1.82, 2.24) is 5.32 Å². The number of para-hydroxylation sites is 1. The average molecular weight is 244 g/mol. The van der Waals surface area contributed by atoms with E-state index in [9.17, 15) is 4.79 Å². The first-order valence-electron chi connectivity index (χ1n) is 6.80. The van der Waals surface area contributed by atoms with Crippen LogP contribution in [0.25, 0.3) is 0 Å². The lowest BCUT2D eigenvalue weighted by molar-refractivity contribution is -0.118. The summed E-state index contributed by atoms with van der Waals surface area (Å²) in [6.45, 7) is 5.00. The van der Waals surface area contributed by atoms with Gasteiger partial charge in [-0.3, -0.25) is 4.79 Å². The third-order valence-electron chi connectivity index (χ3n) is 3.93. The van der Waals surface area contributed by atoms with Crippen molar-refractivity contribution in [3.8, 4) is 0 Å². The minimum Gasteiger partial charge on any atom is -0.310 e. The van der Waals surface area contributed by atoms with E-state index in [0.29, 0.717) is 6.04 Å². The van der Waals surface area contributed by atoms with Crippen molar-refractivity contribution >= 4 is 11.6 Å². The Morgan fingerprint density at radius 2 is 1.83 bits per heavy atom. The maximum Gasteiger partial charge on any atom is 0.244 e. The van der Waals surface area contributed by atoms with E-state index in [4.69, 9.17) is 0 Å². The van der Waals surface area contributed by atoms with E-state index in [2.05, 4.69) is 37.4 Å². The first-order chi connectivity index (χ1) is 8.66. The van der Waals surface area contributed by atoms with Crippen molar-refractivity contribution in [2.45, 2.75) is 45.2 Å². The number of rotatable bonds is 3. The van der Waals surface area contributed by atoms with E-state index >= 15 is 0 Å². The van der Waals surface area contributed by atoms with Gasteiger partial charge in [-0.15, -0.1) is 0 Å². The fraction of sp³-hybridized carbons (Fsp3) is 0.533. The molecular formula is C15H20N2O. The van der Waals surface area contributed by atoms with Crippen molar-refractivity contribution in [2.24, 2.45) is 0 Å². The number of carbonyl (C=O) groups is 1. The number of hydrogen-bond donors (Lipinski definition) is 1. The molecule has 2 fully saturated rings. The summed E-state index contributed by atoms with van der Waals surface area (Å²) >= 11 is 0. The molecule has 0 radical (unpaired) electrons. The van der Waals surface area contributed by atoms with Crippen LogP contribution in [0.1, 0.15) is 30.4 Å². The van der Waals surface area contributed by atoms with Gasteiger partial charge < -0.3 is 10.2 Å². The van der Waals surface area contributed by atoms with Crippen LogP contribution in [-0.4, -0.2) is 24.5 Å². The minimum atomic E-state index is 0.0384. The van der Waals surface area contributed by atoms with E-state index in [-0.39, 0.29) is 11.9 Å². The molecule has 1 aliphatic carbocycles. The summed E-state index contributed by atoms with van der Waals surface area (Å²) in [6.07, 6.45) is 3.39. The highest BCUT2D eigenvalue weighted by atomic mass is 16.2. The lowest BCUT2D eigenvalue weighted by Crippen LogP contribution is -2.39. The Labute approximate surface area is 108 Å². The molecule has 0 aromatic heterocycles. The molecule has 1 saturated carbocycles. The zero-order valence-corrected chi connectivity index (χ0v) is 11.1. The monoisotopic (exact) mass is 244 g/mol. The molecule has 1 heterocycles. The summed E-state index contributed by atoms with van der Waals surface area (Å²) in [6, 6.07) is 6.84. The standard InChI is InChI=1S/C15H20N2O/c1-10-4-3-5-11(2)14(10)17-9-8-13(15(17)18)16-12-6-7-12/h3-5,12-13,16H,6-9H2,1-2H3. The Kier molecular flexibility index (Phi) is 2.86. The van der Waals surface area contributed by atoms with Gasteiger partial charge in [-0.05, 0) is 44.2 Å². The fourth-order valence-electron chi connectivity index (χ4n) is 2.82. The highest BCUT2D eigenvalue weighted by Crippen LogP contribution is 2.30. The van der Waals surface area contributed by atoms with Crippen LogP contribution in [0.4, 0.5) is 5.69 Å². The normalized spacial score (nSPS) is 23.8. The highest BCUT2D eigenvalue weighted by Gasteiger charge is 2.36. The second-order valence-corrected chi connectivity index (χ2v) is 5.51. The second-order valence-electron chi connectivity index (χ2n) is 5.51. The van der Waals surface area contributed by atoms with Crippen molar-refractivity contribution < 1.29 is 4.79 Å². The molecule has 1 saturated heterocycles. The zero-order valence-electron chi connectivity index (χ0n) is 11.1. The van der Waals surface area contributed by atoms with Crippen LogP contribution < -0.4 is 10.2 Å². The average Bonchev–Trinajstić information content (AvgIpc) is 3.07. The Morgan fingerprint density at radius 3 is 2.44 bits per heavy atom. The summed E-state index contributed by atoms with van der Waals surface area (Å²) in [4.78, 5) is 14.4. The van der Waals surface area contributed by atoms with Gasteiger partial charge in [-0.25, -0.2) is 0 Å². The zero-order chi connectivity index (χ0) is 12.7. The van der Waals surface area contributed by atoms with Gasteiger partial charge in [0.05, 0.1) is 6.04 Å². The Hall–Kier alpha value is -1.35. The minimum absolute atomic E-state index is 0.0384. The van der Waals surface area contributed by atoms with E-state index in [1.807, 2.05) is 4.90 Å². The number of hydrogen-bond acceptors (Lipinski definition) is 2. The molecule has 0 spiro atoms. The third-order valence-corrected chi connectivity index (χ3v) is 3.93. The largest absolute Gasteiger partial charge is 0.310 e. The topological polar surface area (TPSA) is 32.3 Å². The lowest BCUT2D eigenvalue weighted by atomic mass is 10.1. The summed E-state index contributed by atoms with van der Waals surface area (Å²) in [5, 5.41) is 3.45. The number of anilines is 1. The van der Waals surface area contributed by atoms with Crippen LogP contribution in [-0.2, 0) is 4.79 Å². The maximum atomic E-state index is 12.4. The number of amides is 1. The lowest BCUT2D eigenvalue weighted by Gasteiger charge is -2.21. The second kappa shape index (κ2) is 4.39. The predicted octanol–water partition coefficient (Wildman–Crippen LogP) is 2.16. The van der Waals surface area contributed by atoms with E-state index < -0.39 is 0 Å². The van der Waals surface area contributed by atoms with Gasteiger partial charge in [0, 0.05) is 18.3 Å². The van der Waals surface area contributed by atoms with Crippen molar-refractivity contribution in [3.05, 3.63) is 29.3 Å². The van der Waals surface area contributed by atoms with Gasteiger partial charge in [0.25, 0.3) is 0 Å². The van der Waals surface area contributed by atoms with E-state index in [1.54, 1.807) is 0 Å². The Bertz CT molecular complexity index is 459. The molecule has 1 amide bonds. The van der Waals surface area contributed by atoms with Crippen LogP contribution in [0.15, 0.2) is 18.2 Å². The quantitative estimate of drug-likeness (QED) is 0.883. The van der Waals surface area contributed by atoms with Crippen LogP contribution >= 0.6 is 0 Å². The number of carbonyl (C=O) groups excluding carboxylic acids is 1. The SMILES string of the molecule is Cc1cccc(C)c1N1CCC(NC2CC2)C1=O. The van der Waals surface area contributed by atoms with Crippen molar-refractivity contribution in [3.63, 3.8) is 0 Å². The predicted molar refractivity (Wildman–Crippen MR) is 72.8 cm³/mol.